The molecule has 0 fully saturated rings. The van der Waals surface area contributed by atoms with Gasteiger partial charge in [0.2, 0.25) is 0 Å². The van der Waals surface area contributed by atoms with Crippen molar-refractivity contribution in [3.05, 3.63) is 65.4 Å². The third kappa shape index (κ3) is 2.08. The highest BCUT2D eigenvalue weighted by Gasteiger charge is 1.99. The number of fused-ring (bicyclic) bond motifs is 1. The molecule has 2 heteroatoms. The van der Waals surface area contributed by atoms with Gasteiger partial charge in [-0.15, -0.1) is 0 Å². The van der Waals surface area contributed by atoms with Gasteiger partial charge in [-0.1, -0.05) is 42.5 Å². The molecule has 0 spiro atoms. The number of aromatic nitrogens is 1. The molecule has 3 rings (SSSR count). The maximum absolute atomic E-state index is 4.25. The zero-order chi connectivity index (χ0) is 11.7. The van der Waals surface area contributed by atoms with Crippen LogP contribution in [-0.4, -0.2) is 4.98 Å². The van der Waals surface area contributed by atoms with Crippen LogP contribution in [0.25, 0.3) is 21.9 Å². The first-order chi connectivity index (χ1) is 8.33. The van der Waals surface area contributed by atoms with Crippen molar-refractivity contribution in [3.63, 3.8) is 0 Å². The summed E-state index contributed by atoms with van der Waals surface area (Å²) in [5.41, 5.74) is 2.34. The fraction of sp³-hybridized carbons (Fsp3) is 0. The number of halogens is 1. The smallest absolute Gasteiger partial charge is 0.106 e. The predicted octanol–water partition coefficient (Wildman–Crippen LogP) is 4.66. The van der Waals surface area contributed by atoms with Gasteiger partial charge >= 0.3 is 0 Å². The topological polar surface area (TPSA) is 12.9 Å². The molecule has 0 N–H and O–H groups in total. The van der Waals surface area contributed by atoms with E-state index >= 15 is 0 Å². The van der Waals surface area contributed by atoms with Crippen LogP contribution < -0.4 is 0 Å². The van der Waals surface area contributed by atoms with E-state index in [0.29, 0.717) is 0 Å². The van der Waals surface area contributed by atoms with Gasteiger partial charge < -0.3 is 0 Å². The zero-order valence-electron chi connectivity index (χ0n) is 9.10. The Balaban J connectivity index is 2.14. The van der Waals surface area contributed by atoms with Gasteiger partial charge in [-0.05, 0) is 44.4 Å². The summed E-state index contributed by atoms with van der Waals surface area (Å²) in [6, 6.07) is 18.9. The predicted molar refractivity (Wildman–Crippen MR) is 74.9 cm³/mol. The highest BCUT2D eigenvalue weighted by atomic mass is 79.9. The average molecular weight is 284 g/mol. The van der Waals surface area contributed by atoms with E-state index < -0.39 is 0 Å². The number of nitrogens with zero attached hydrogens (tertiary/aromatic N) is 1. The first kappa shape index (κ1) is 10.5. The van der Waals surface area contributed by atoms with E-state index in [0.717, 1.165) is 10.2 Å². The van der Waals surface area contributed by atoms with Gasteiger partial charge in [0.25, 0.3) is 0 Å². The molecule has 0 amide bonds. The van der Waals surface area contributed by atoms with Gasteiger partial charge in [0, 0.05) is 11.8 Å². The molecule has 0 aliphatic carbocycles. The lowest BCUT2D eigenvalue weighted by Crippen LogP contribution is -1.81. The molecule has 1 aromatic heterocycles. The SMILES string of the molecule is Brc1ccc(-c2ccc3ccccc3c2)cn1. The Morgan fingerprint density at radius 2 is 1.53 bits per heavy atom. The first-order valence-electron chi connectivity index (χ1n) is 5.44. The molecule has 1 nitrogen and oxygen atoms in total. The van der Waals surface area contributed by atoms with Crippen LogP contribution in [0.1, 0.15) is 0 Å². The number of hydrogen-bond acceptors (Lipinski definition) is 1. The molecule has 17 heavy (non-hydrogen) atoms. The van der Waals surface area contributed by atoms with E-state index in [4.69, 9.17) is 0 Å². The monoisotopic (exact) mass is 283 g/mol. The number of hydrogen-bond donors (Lipinski definition) is 0. The van der Waals surface area contributed by atoms with Gasteiger partial charge in [-0.2, -0.15) is 0 Å². The summed E-state index contributed by atoms with van der Waals surface area (Å²) in [7, 11) is 0. The summed E-state index contributed by atoms with van der Waals surface area (Å²) in [5.74, 6) is 0. The molecular weight excluding hydrogens is 274 g/mol. The third-order valence-electron chi connectivity index (χ3n) is 2.81. The molecule has 0 atom stereocenters. The van der Waals surface area contributed by atoms with E-state index in [-0.39, 0.29) is 0 Å². The Labute approximate surface area is 108 Å². The lowest BCUT2D eigenvalue weighted by atomic mass is 10.0. The Morgan fingerprint density at radius 3 is 2.29 bits per heavy atom. The molecule has 3 aromatic rings. The largest absolute Gasteiger partial charge is 0.249 e. The van der Waals surface area contributed by atoms with Crippen molar-refractivity contribution in [2.45, 2.75) is 0 Å². The highest BCUT2D eigenvalue weighted by Crippen LogP contribution is 2.24. The summed E-state index contributed by atoms with van der Waals surface area (Å²) in [5, 5.41) is 2.52. The standard InChI is InChI=1S/C15H10BrN/c16-15-8-7-14(10-17-15)13-6-5-11-3-1-2-4-12(11)9-13/h1-10H. The zero-order valence-corrected chi connectivity index (χ0v) is 10.7. The molecule has 0 bridgehead atoms. The lowest BCUT2D eigenvalue weighted by Gasteiger charge is -2.03. The molecule has 0 aliphatic heterocycles. The molecular formula is C15H10BrN. The van der Waals surface area contributed by atoms with Gasteiger partial charge in [0.1, 0.15) is 4.60 Å². The van der Waals surface area contributed by atoms with Crippen molar-refractivity contribution in [3.8, 4) is 11.1 Å². The van der Waals surface area contributed by atoms with Crippen molar-refractivity contribution in [2.24, 2.45) is 0 Å². The van der Waals surface area contributed by atoms with Gasteiger partial charge in [-0.25, -0.2) is 4.98 Å². The van der Waals surface area contributed by atoms with E-state index in [1.807, 2.05) is 12.3 Å². The molecule has 2 aromatic carbocycles. The first-order valence-corrected chi connectivity index (χ1v) is 6.23. The molecule has 0 saturated carbocycles. The summed E-state index contributed by atoms with van der Waals surface area (Å²) in [6.45, 7) is 0. The third-order valence-corrected chi connectivity index (χ3v) is 3.28. The number of pyridine rings is 1. The number of benzene rings is 2. The quantitative estimate of drug-likeness (QED) is 0.592. The van der Waals surface area contributed by atoms with Crippen molar-refractivity contribution in [1.82, 2.24) is 4.98 Å². The minimum atomic E-state index is 0.863. The van der Waals surface area contributed by atoms with E-state index in [1.54, 1.807) is 0 Å². The summed E-state index contributed by atoms with van der Waals surface area (Å²) >= 11 is 3.35. The Hall–Kier alpha value is -1.67. The highest BCUT2D eigenvalue weighted by molar-refractivity contribution is 9.10. The molecule has 0 radical (unpaired) electrons. The van der Waals surface area contributed by atoms with Crippen LogP contribution in [0.15, 0.2) is 65.4 Å². The minimum Gasteiger partial charge on any atom is -0.249 e. The second kappa shape index (κ2) is 4.30. The normalized spacial score (nSPS) is 10.6. The van der Waals surface area contributed by atoms with Crippen LogP contribution in [0.2, 0.25) is 0 Å². The summed E-state index contributed by atoms with van der Waals surface area (Å²) < 4.78 is 0.863. The fourth-order valence-corrected chi connectivity index (χ4v) is 2.15. The maximum Gasteiger partial charge on any atom is 0.106 e. The van der Waals surface area contributed by atoms with Crippen LogP contribution in [0.3, 0.4) is 0 Å². The summed E-state index contributed by atoms with van der Waals surface area (Å²) in [6.07, 6.45) is 1.88. The average Bonchev–Trinajstić information content (AvgIpc) is 2.39. The van der Waals surface area contributed by atoms with Crippen LogP contribution >= 0.6 is 15.9 Å². The Morgan fingerprint density at radius 1 is 0.765 bits per heavy atom. The second-order valence-corrected chi connectivity index (χ2v) is 4.74. The van der Waals surface area contributed by atoms with Crippen LogP contribution in [0.5, 0.6) is 0 Å². The molecule has 0 unspecified atom stereocenters. The molecule has 1 heterocycles. The van der Waals surface area contributed by atoms with Crippen molar-refractivity contribution >= 4 is 26.7 Å². The molecule has 0 aliphatic rings. The van der Waals surface area contributed by atoms with Gasteiger partial charge in [0.15, 0.2) is 0 Å². The Bertz CT molecular complexity index is 659. The second-order valence-electron chi connectivity index (χ2n) is 3.93. The van der Waals surface area contributed by atoms with Crippen molar-refractivity contribution in [1.29, 1.82) is 0 Å². The van der Waals surface area contributed by atoms with E-state index in [9.17, 15) is 0 Å². The summed E-state index contributed by atoms with van der Waals surface area (Å²) in [4.78, 5) is 4.25. The Kier molecular flexibility index (Phi) is 2.65. The lowest BCUT2D eigenvalue weighted by molar-refractivity contribution is 1.28. The van der Waals surface area contributed by atoms with Gasteiger partial charge in [-0.3, -0.25) is 0 Å². The van der Waals surface area contributed by atoms with Gasteiger partial charge in [0.05, 0.1) is 0 Å². The van der Waals surface area contributed by atoms with Crippen LogP contribution in [0.4, 0.5) is 0 Å². The van der Waals surface area contributed by atoms with Crippen molar-refractivity contribution < 1.29 is 0 Å². The fourth-order valence-electron chi connectivity index (χ4n) is 1.92. The van der Waals surface area contributed by atoms with Crippen molar-refractivity contribution in [2.75, 3.05) is 0 Å². The van der Waals surface area contributed by atoms with E-state index in [2.05, 4.69) is 69.4 Å². The van der Waals surface area contributed by atoms with E-state index in [1.165, 1.54) is 16.3 Å². The number of rotatable bonds is 1. The molecule has 0 saturated heterocycles. The van der Waals surface area contributed by atoms with Crippen LogP contribution in [0, 0.1) is 0 Å². The molecule has 82 valence electrons. The van der Waals surface area contributed by atoms with Crippen LogP contribution in [-0.2, 0) is 0 Å². The minimum absolute atomic E-state index is 0.863. The maximum atomic E-state index is 4.25.